The molecule has 0 amide bonds. The highest BCUT2D eigenvalue weighted by Crippen LogP contribution is 2.06. The van der Waals surface area contributed by atoms with E-state index >= 15 is 0 Å². The van der Waals surface area contributed by atoms with E-state index in [9.17, 15) is 4.79 Å². The Morgan fingerprint density at radius 2 is 2.28 bits per heavy atom. The van der Waals surface area contributed by atoms with Crippen molar-refractivity contribution in [2.75, 3.05) is 0 Å². The summed E-state index contributed by atoms with van der Waals surface area (Å²) in [5.74, 6) is 0. The van der Waals surface area contributed by atoms with Crippen molar-refractivity contribution in [1.82, 2.24) is 14.5 Å². The summed E-state index contributed by atoms with van der Waals surface area (Å²) in [4.78, 5) is 20.2. The van der Waals surface area contributed by atoms with Gasteiger partial charge in [-0.15, -0.1) is 0 Å². The Kier molecular flexibility index (Phi) is 3.47. The van der Waals surface area contributed by atoms with E-state index in [1.165, 1.54) is 17.0 Å². The number of thiocarbonyl (C=S) groups is 1. The minimum atomic E-state index is -0.111. The zero-order valence-electron chi connectivity index (χ0n) is 9.83. The Labute approximate surface area is 109 Å². The van der Waals surface area contributed by atoms with E-state index in [-0.39, 0.29) is 10.5 Å². The molecule has 2 rings (SSSR count). The average molecular weight is 260 g/mol. The van der Waals surface area contributed by atoms with E-state index in [1.54, 1.807) is 19.2 Å². The van der Waals surface area contributed by atoms with Gasteiger partial charge in [-0.2, -0.15) is 0 Å². The fourth-order valence-electron chi connectivity index (χ4n) is 1.61. The molecule has 18 heavy (non-hydrogen) atoms. The first-order valence-corrected chi connectivity index (χ1v) is 5.75. The number of hydrogen-bond donors (Lipinski definition) is 1. The van der Waals surface area contributed by atoms with Gasteiger partial charge in [-0.1, -0.05) is 18.3 Å². The molecule has 0 unspecified atom stereocenters. The van der Waals surface area contributed by atoms with Crippen molar-refractivity contribution in [2.24, 2.45) is 5.73 Å². The maximum Gasteiger partial charge on any atom is 0.253 e. The van der Waals surface area contributed by atoms with Gasteiger partial charge >= 0.3 is 0 Å². The number of rotatable bonds is 3. The molecule has 92 valence electrons. The van der Waals surface area contributed by atoms with Crippen molar-refractivity contribution in [2.45, 2.75) is 13.5 Å². The first-order chi connectivity index (χ1) is 8.58. The molecule has 2 heterocycles. The van der Waals surface area contributed by atoms with Gasteiger partial charge < -0.3 is 5.73 Å². The summed E-state index contributed by atoms with van der Waals surface area (Å²) in [7, 11) is 0. The molecule has 0 aromatic carbocycles. The van der Waals surface area contributed by atoms with Gasteiger partial charge in [0.15, 0.2) is 0 Å². The lowest BCUT2D eigenvalue weighted by atomic mass is 10.2. The van der Waals surface area contributed by atoms with Gasteiger partial charge in [0.1, 0.15) is 10.7 Å². The third-order valence-electron chi connectivity index (χ3n) is 2.48. The molecule has 0 aliphatic rings. The smallest absolute Gasteiger partial charge is 0.253 e. The highest BCUT2D eigenvalue weighted by atomic mass is 32.1. The number of aryl methyl sites for hydroxylation is 1. The molecule has 0 radical (unpaired) electrons. The molecule has 0 atom stereocenters. The summed E-state index contributed by atoms with van der Waals surface area (Å²) in [5, 5.41) is 0. The van der Waals surface area contributed by atoms with Crippen LogP contribution in [0.2, 0.25) is 0 Å². The Balaban J connectivity index is 2.40. The highest BCUT2D eigenvalue weighted by molar-refractivity contribution is 7.80. The van der Waals surface area contributed by atoms with Crippen LogP contribution in [0.25, 0.3) is 0 Å². The topological polar surface area (TPSA) is 73.8 Å². The molecule has 2 aromatic heterocycles. The maximum absolute atomic E-state index is 11.8. The van der Waals surface area contributed by atoms with Crippen LogP contribution in [0.4, 0.5) is 0 Å². The molecule has 0 aliphatic carbocycles. The van der Waals surface area contributed by atoms with Crippen LogP contribution in [-0.4, -0.2) is 19.5 Å². The van der Waals surface area contributed by atoms with Crippen molar-refractivity contribution in [3.05, 3.63) is 58.0 Å². The molecule has 0 saturated carbocycles. The van der Waals surface area contributed by atoms with E-state index in [1.807, 2.05) is 6.07 Å². The standard InChI is InChI=1S/C12H12N4OS/c1-8-5-10(17)16(7-15-8)6-9-3-2-4-14-11(9)12(13)18/h2-5,7H,6H2,1H3,(H2,13,18). The van der Waals surface area contributed by atoms with Crippen molar-refractivity contribution < 1.29 is 0 Å². The summed E-state index contributed by atoms with van der Waals surface area (Å²) in [6.45, 7) is 2.13. The summed E-state index contributed by atoms with van der Waals surface area (Å²) < 4.78 is 1.49. The van der Waals surface area contributed by atoms with Crippen molar-refractivity contribution in [1.29, 1.82) is 0 Å². The molecule has 0 bridgehead atoms. The normalized spacial score (nSPS) is 10.3. The third-order valence-corrected chi connectivity index (χ3v) is 2.67. The van der Waals surface area contributed by atoms with Crippen LogP contribution in [0.15, 0.2) is 35.5 Å². The monoisotopic (exact) mass is 260 g/mol. The van der Waals surface area contributed by atoms with Crippen LogP contribution in [0, 0.1) is 6.92 Å². The van der Waals surface area contributed by atoms with Crippen LogP contribution in [0.5, 0.6) is 0 Å². The first-order valence-electron chi connectivity index (χ1n) is 5.34. The quantitative estimate of drug-likeness (QED) is 0.819. The molecule has 0 fully saturated rings. The average Bonchev–Trinajstić information content (AvgIpc) is 2.33. The SMILES string of the molecule is Cc1cc(=O)n(Cc2cccnc2C(N)=S)cn1. The lowest BCUT2D eigenvalue weighted by molar-refractivity contribution is 0.726. The van der Waals surface area contributed by atoms with Gasteiger partial charge in [0, 0.05) is 23.5 Å². The fourth-order valence-corrected chi connectivity index (χ4v) is 1.79. The molecular formula is C12H12N4OS. The van der Waals surface area contributed by atoms with E-state index in [0.717, 1.165) is 5.56 Å². The van der Waals surface area contributed by atoms with Crippen LogP contribution >= 0.6 is 12.2 Å². The van der Waals surface area contributed by atoms with Gasteiger partial charge in [0.25, 0.3) is 5.56 Å². The highest BCUT2D eigenvalue weighted by Gasteiger charge is 2.07. The largest absolute Gasteiger partial charge is 0.388 e. The first kappa shape index (κ1) is 12.4. The number of aromatic nitrogens is 3. The Bertz CT molecular complexity index is 651. The summed E-state index contributed by atoms with van der Waals surface area (Å²) >= 11 is 4.93. The van der Waals surface area contributed by atoms with E-state index < -0.39 is 0 Å². The Morgan fingerprint density at radius 1 is 1.50 bits per heavy atom. The van der Waals surface area contributed by atoms with Gasteiger partial charge in [0.2, 0.25) is 0 Å². The minimum absolute atomic E-state index is 0.111. The zero-order chi connectivity index (χ0) is 13.1. The van der Waals surface area contributed by atoms with Gasteiger partial charge in [-0.25, -0.2) is 4.98 Å². The molecule has 0 aliphatic heterocycles. The van der Waals surface area contributed by atoms with Crippen LogP contribution in [0.3, 0.4) is 0 Å². The number of nitrogens with two attached hydrogens (primary N) is 1. The minimum Gasteiger partial charge on any atom is -0.388 e. The van der Waals surface area contributed by atoms with E-state index in [0.29, 0.717) is 17.9 Å². The fraction of sp³-hybridized carbons (Fsp3) is 0.167. The third kappa shape index (κ3) is 2.60. The number of nitrogens with zero attached hydrogens (tertiary/aromatic N) is 3. The van der Waals surface area contributed by atoms with Crippen LogP contribution in [-0.2, 0) is 6.54 Å². The molecule has 0 saturated heterocycles. The predicted octanol–water partition coefficient (Wildman–Crippen LogP) is 0.629. The number of hydrogen-bond acceptors (Lipinski definition) is 4. The summed E-state index contributed by atoms with van der Waals surface area (Å²) in [5.41, 5.74) is 7.52. The maximum atomic E-state index is 11.8. The van der Waals surface area contributed by atoms with Crippen LogP contribution in [0.1, 0.15) is 17.0 Å². The van der Waals surface area contributed by atoms with E-state index in [2.05, 4.69) is 9.97 Å². The molecule has 5 nitrogen and oxygen atoms in total. The second kappa shape index (κ2) is 5.05. The van der Waals surface area contributed by atoms with Gasteiger partial charge in [0.05, 0.1) is 12.9 Å². The van der Waals surface area contributed by atoms with Gasteiger partial charge in [-0.05, 0) is 13.0 Å². The van der Waals surface area contributed by atoms with Gasteiger partial charge in [-0.3, -0.25) is 14.3 Å². The molecule has 6 heteroatoms. The van der Waals surface area contributed by atoms with Crippen molar-refractivity contribution in [3.63, 3.8) is 0 Å². The van der Waals surface area contributed by atoms with E-state index in [4.69, 9.17) is 18.0 Å². The second-order valence-corrected chi connectivity index (χ2v) is 4.31. The lowest BCUT2D eigenvalue weighted by Crippen LogP contribution is -2.23. The summed E-state index contributed by atoms with van der Waals surface area (Å²) in [6, 6.07) is 5.11. The number of pyridine rings is 1. The Hall–Kier alpha value is -2.08. The second-order valence-electron chi connectivity index (χ2n) is 3.87. The zero-order valence-corrected chi connectivity index (χ0v) is 10.6. The molecule has 2 N–H and O–H groups in total. The molecule has 2 aromatic rings. The Morgan fingerprint density at radius 3 is 2.94 bits per heavy atom. The van der Waals surface area contributed by atoms with Crippen molar-refractivity contribution in [3.8, 4) is 0 Å². The lowest BCUT2D eigenvalue weighted by Gasteiger charge is -2.08. The van der Waals surface area contributed by atoms with Crippen molar-refractivity contribution >= 4 is 17.2 Å². The molecule has 0 spiro atoms. The summed E-state index contributed by atoms with van der Waals surface area (Å²) in [6.07, 6.45) is 3.13. The molecular weight excluding hydrogens is 248 g/mol. The van der Waals surface area contributed by atoms with Crippen LogP contribution < -0.4 is 11.3 Å². The predicted molar refractivity (Wildman–Crippen MR) is 72.5 cm³/mol.